The van der Waals surface area contributed by atoms with Gasteiger partial charge in [0.1, 0.15) is 0 Å². The van der Waals surface area contributed by atoms with E-state index in [0.717, 1.165) is 10.9 Å². The topological polar surface area (TPSA) is 12.0 Å². The molecule has 2 heteroatoms. The molecular formula is C16H14BrN. The highest BCUT2D eigenvalue weighted by Gasteiger charge is 2.45. The predicted octanol–water partition coefficient (Wildman–Crippen LogP) is 3.91. The largest absolute Gasteiger partial charge is 0.297 e. The zero-order chi connectivity index (χ0) is 12.3. The first-order valence-corrected chi connectivity index (χ1v) is 7.14. The Labute approximate surface area is 115 Å². The fraction of sp³-hybridized carbons (Fsp3) is 0.250. The van der Waals surface area contributed by atoms with E-state index in [-0.39, 0.29) is 5.54 Å². The van der Waals surface area contributed by atoms with Crippen molar-refractivity contribution >= 4 is 15.9 Å². The second-order valence-electron chi connectivity index (χ2n) is 5.41. The zero-order valence-corrected chi connectivity index (χ0v) is 11.8. The van der Waals surface area contributed by atoms with E-state index in [1.165, 1.54) is 22.3 Å². The quantitative estimate of drug-likeness (QED) is 0.778. The van der Waals surface area contributed by atoms with Crippen molar-refractivity contribution in [3.05, 3.63) is 69.2 Å². The average molecular weight is 300 g/mol. The minimum Gasteiger partial charge on any atom is -0.297 e. The van der Waals surface area contributed by atoms with Crippen LogP contribution in [0.5, 0.6) is 0 Å². The summed E-state index contributed by atoms with van der Waals surface area (Å²) < 4.78 is 1.16. The van der Waals surface area contributed by atoms with Crippen LogP contribution >= 0.6 is 15.9 Å². The molecule has 2 aromatic carbocycles. The molecule has 4 rings (SSSR count). The Kier molecular flexibility index (Phi) is 2.07. The Balaban J connectivity index is 2.04. The molecule has 0 radical (unpaired) electrons. The van der Waals surface area contributed by atoms with Gasteiger partial charge in [0.05, 0.1) is 5.54 Å². The van der Waals surface area contributed by atoms with E-state index in [1.54, 1.807) is 0 Å². The van der Waals surface area contributed by atoms with Gasteiger partial charge in [-0.3, -0.25) is 5.32 Å². The lowest BCUT2D eigenvalue weighted by atomic mass is 9.82. The van der Waals surface area contributed by atoms with E-state index in [9.17, 15) is 0 Å². The highest BCUT2D eigenvalue weighted by Crippen LogP contribution is 2.48. The Hall–Kier alpha value is -1.12. The third kappa shape index (κ3) is 1.25. The summed E-state index contributed by atoms with van der Waals surface area (Å²) in [6.07, 6.45) is 1.10. The number of hydrogen-bond acceptors (Lipinski definition) is 1. The van der Waals surface area contributed by atoms with Gasteiger partial charge in [0.25, 0.3) is 0 Å². The molecule has 0 saturated carbocycles. The predicted molar refractivity (Wildman–Crippen MR) is 76.6 cm³/mol. The van der Waals surface area contributed by atoms with Crippen molar-refractivity contribution in [1.82, 2.24) is 5.32 Å². The molecule has 0 amide bonds. The van der Waals surface area contributed by atoms with Crippen LogP contribution in [-0.2, 0) is 12.0 Å². The van der Waals surface area contributed by atoms with Crippen molar-refractivity contribution in [2.45, 2.75) is 24.9 Å². The van der Waals surface area contributed by atoms with Gasteiger partial charge in [-0.25, -0.2) is 0 Å². The molecule has 2 unspecified atom stereocenters. The summed E-state index contributed by atoms with van der Waals surface area (Å²) in [6, 6.07) is 16.0. The highest BCUT2D eigenvalue weighted by atomic mass is 79.9. The Morgan fingerprint density at radius 3 is 2.89 bits per heavy atom. The van der Waals surface area contributed by atoms with Crippen LogP contribution in [0.2, 0.25) is 0 Å². The molecule has 2 aliphatic heterocycles. The van der Waals surface area contributed by atoms with Crippen molar-refractivity contribution in [1.29, 1.82) is 0 Å². The van der Waals surface area contributed by atoms with E-state index in [2.05, 4.69) is 70.6 Å². The lowest BCUT2D eigenvalue weighted by Gasteiger charge is -2.34. The zero-order valence-electron chi connectivity index (χ0n) is 10.2. The van der Waals surface area contributed by atoms with E-state index in [1.807, 2.05) is 0 Å². The molecule has 0 spiro atoms. The molecule has 2 atom stereocenters. The van der Waals surface area contributed by atoms with Crippen LogP contribution in [0.1, 0.15) is 35.2 Å². The van der Waals surface area contributed by atoms with Gasteiger partial charge in [-0.2, -0.15) is 0 Å². The molecule has 1 nitrogen and oxygen atoms in total. The molecular weight excluding hydrogens is 286 g/mol. The van der Waals surface area contributed by atoms with Crippen molar-refractivity contribution in [3.63, 3.8) is 0 Å². The fourth-order valence-electron chi connectivity index (χ4n) is 3.56. The molecule has 2 bridgehead atoms. The number of benzene rings is 2. The fourth-order valence-corrected chi connectivity index (χ4v) is 3.92. The van der Waals surface area contributed by atoms with Gasteiger partial charge in [0.2, 0.25) is 0 Å². The highest BCUT2D eigenvalue weighted by molar-refractivity contribution is 9.10. The normalized spacial score (nSPS) is 27.8. The number of hydrogen-bond donors (Lipinski definition) is 1. The number of halogens is 1. The average Bonchev–Trinajstić information content (AvgIpc) is 2.59. The van der Waals surface area contributed by atoms with Crippen molar-refractivity contribution in [2.75, 3.05) is 0 Å². The molecule has 90 valence electrons. The summed E-state index contributed by atoms with van der Waals surface area (Å²) in [7, 11) is 0. The van der Waals surface area contributed by atoms with Crippen LogP contribution in [0.25, 0.3) is 0 Å². The third-order valence-corrected chi connectivity index (χ3v) is 4.87. The maximum Gasteiger partial charge on any atom is 0.0673 e. The van der Waals surface area contributed by atoms with Crippen LogP contribution in [0.4, 0.5) is 0 Å². The van der Waals surface area contributed by atoms with Crippen molar-refractivity contribution in [2.24, 2.45) is 0 Å². The number of rotatable bonds is 0. The lowest BCUT2D eigenvalue weighted by molar-refractivity contribution is 0.389. The first kappa shape index (κ1) is 10.8. The molecule has 18 heavy (non-hydrogen) atoms. The van der Waals surface area contributed by atoms with Gasteiger partial charge in [-0.15, -0.1) is 0 Å². The van der Waals surface area contributed by atoms with Gasteiger partial charge >= 0.3 is 0 Å². The molecule has 0 aliphatic carbocycles. The van der Waals surface area contributed by atoms with Crippen LogP contribution in [0, 0.1) is 0 Å². The van der Waals surface area contributed by atoms with Crippen LogP contribution < -0.4 is 5.32 Å². The first-order chi connectivity index (χ1) is 8.68. The Morgan fingerprint density at radius 1 is 1.17 bits per heavy atom. The molecule has 0 fully saturated rings. The molecule has 1 N–H and O–H groups in total. The number of fused-ring (bicyclic) bond motifs is 7. The van der Waals surface area contributed by atoms with E-state index < -0.39 is 0 Å². The van der Waals surface area contributed by atoms with Gasteiger partial charge in [0.15, 0.2) is 0 Å². The molecule has 2 aromatic rings. The van der Waals surface area contributed by atoms with Crippen LogP contribution in [0.15, 0.2) is 46.9 Å². The molecule has 0 aromatic heterocycles. The summed E-state index contributed by atoms with van der Waals surface area (Å²) >= 11 is 3.60. The van der Waals surface area contributed by atoms with E-state index >= 15 is 0 Å². The first-order valence-electron chi connectivity index (χ1n) is 6.34. The maximum atomic E-state index is 3.79. The smallest absolute Gasteiger partial charge is 0.0673 e. The summed E-state index contributed by atoms with van der Waals surface area (Å²) in [6.45, 7) is 2.30. The third-order valence-electron chi connectivity index (χ3n) is 4.37. The van der Waals surface area contributed by atoms with Crippen molar-refractivity contribution in [3.8, 4) is 0 Å². The summed E-state index contributed by atoms with van der Waals surface area (Å²) in [5.74, 6) is 0. The lowest BCUT2D eigenvalue weighted by Crippen LogP contribution is -2.41. The van der Waals surface area contributed by atoms with Gasteiger partial charge < -0.3 is 0 Å². The summed E-state index contributed by atoms with van der Waals surface area (Å²) in [5.41, 5.74) is 5.76. The molecule has 2 aliphatic rings. The van der Waals surface area contributed by atoms with Crippen molar-refractivity contribution < 1.29 is 0 Å². The Bertz CT molecular complexity index is 649. The van der Waals surface area contributed by atoms with Crippen LogP contribution in [0.3, 0.4) is 0 Å². The SMILES string of the molecule is CC12NC(Cc3ccccc31)c1ccc(Br)cc12. The molecule has 2 heterocycles. The van der Waals surface area contributed by atoms with E-state index in [0.29, 0.717) is 6.04 Å². The summed E-state index contributed by atoms with van der Waals surface area (Å²) in [5, 5.41) is 3.79. The molecule has 0 saturated heterocycles. The second kappa shape index (κ2) is 3.46. The minimum atomic E-state index is -0.0291. The van der Waals surface area contributed by atoms with Gasteiger partial charge in [0, 0.05) is 10.5 Å². The van der Waals surface area contributed by atoms with E-state index in [4.69, 9.17) is 0 Å². The summed E-state index contributed by atoms with van der Waals surface area (Å²) in [4.78, 5) is 0. The van der Waals surface area contributed by atoms with Crippen LogP contribution in [-0.4, -0.2) is 0 Å². The monoisotopic (exact) mass is 299 g/mol. The van der Waals surface area contributed by atoms with Gasteiger partial charge in [-0.1, -0.05) is 46.3 Å². The Morgan fingerprint density at radius 2 is 2.00 bits per heavy atom. The van der Waals surface area contributed by atoms with Gasteiger partial charge in [-0.05, 0) is 47.7 Å². The minimum absolute atomic E-state index is 0.0291. The maximum absolute atomic E-state index is 3.79. The number of nitrogens with one attached hydrogen (secondary N) is 1. The second-order valence-corrected chi connectivity index (χ2v) is 6.33. The standard InChI is InChI=1S/C16H14BrN/c1-16-13-5-3-2-4-10(13)8-15(18-16)12-7-6-11(17)9-14(12)16/h2-7,9,15,18H,8H2,1H3.